The summed E-state index contributed by atoms with van der Waals surface area (Å²) >= 11 is 0. The summed E-state index contributed by atoms with van der Waals surface area (Å²) < 4.78 is 55.7. The number of carbonyl (C=O) groups excluding carboxylic acids is 3. The molecule has 0 aromatic rings. The molecule has 9 nitrogen and oxygen atoms in total. The summed E-state index contributed by atoms with van der Waals surface area (Å²) in [6.45, 7) is 4.17. The SMILES string of the molecule is COC(=O)O[C@]1(C(=O)COS(C)(=O)=O)[C@H](C)C[C@H]2[C@@H]3CCC4=CC(=O)C=C[C@]4(C)[C@@]3(F)[C@@H](O)C[C@@]21C. The monoisotopic (exact) mass is 528 g/mol. The molecule has 1 N–H and O–H groups in total. The van der Waals surface area contributed by atoms with Gasteiger partial charge in [0.05, 0.1) is 19.5 Å². The number of carbonyl (C=O) groups is 3. The average Bonchev–Trinajstić information content (AvgIpc) is 3.00. The molecule has 0 aromatic carbocycles. The zero-order chi connectivity index (χ0) is 26.9. The highest BCUT2D eigenvalue weighted by molar-refractivity contribution is 7.86. The minimum Gasteiger partial charge on any atom is -0.438 e. The van der Waals surface area contributed by atoms with Gasteiger partial charge in [-0.25, -0.2) is 9.18 Å². The molecule has 0 unspecified atom stereocenters. The van der Waals surface area contributed by atoms with Crippen LogP contribution in [-0.2, 0) is 33.4 Å². The quantitative estimate of drug-likeness (QED) is 0.422. The Labute approximate surface area is 210 Å². The lowest BCUT2D eigenvalue weighted by atomic mass is 9.44. The Morgan fingerprint density at radius 2 is 1.92 bits per heavy atom. The molecule has 0 radical (unpaired) electrons. The highest BCUT2D eigenvalue weighted by Crippen LogP contribution is 2.71. The molecule has 4 aliphatic rings. The maximum Gasteiger partial charge on any atom is 0.509 e. The normalized spacial score (nSPS) is 43.6. The van der Waals surface area contributed by atoms with Gasteiger partial charge < -0.3 is 14.6 Å². The van der Waals surface area contributed by atoms with Gasteiger partial charge in [0, 0.05) is 22.7 Å². The van der Waals surface area contributed by atoms with Crippen molar-refractivity contribution in [1.29, 1.82) is 0 Å². The number of halogens is 1. The van der Waals surface area contributed by atoms with Gasteiger partial charge in [0.1, 0.15) is 6.61 Å². The first-order valence-electron chi connectivity index (χ1n) is 12.0. The van der Waals surface area contributed by atoms with Crippen LogP contribution >= 0.6 is 0 Å². The van der Waals surface area contributed by atoms with E-state index in [2.05, 4.69) is 0 Å². The summed E-state index contributed by atoms with van der Waals surface area (Å²) in [7, 11) is -2.90. The number of aliphatic hydroxyl groups is 1. The summed E-state index contributed by atoms with van der Waals surface area (Å²) in [5.74, 6) is -2.89. The van der Waals surface area contributed by atoms with Gasteiger partial charge in [0.2, 0.25) is 5.78 Å². The van der Waals surface area contributed by atoms with Crippen LogP contribution in [0.2, 0.25) is 0 Å². The Balaban J connectivity index is 1.82. The van der Waals surface area contributed by atoms with E-state index >= 15 is 4.39 Å². The Morgan fingerprint density at radius 3 is 2.53 bits per heavy atom. The fourth-order valence-corrected chi connectivity index (χ4v) is 8.16. The first-order valence-corrected chi connectivity index (χ1v) is 13.8. The van der Waals surface area contributed by atoms with Crippen molar-refractivity contribution in [1.82, 2.24) is 0 Å². The van der Waals surface area contributed by atoms with Crippen molar-refractivity contribution < 1.29 is 46.0 Å². The fraction of sp³-hybridized carbons (Fsp3) is 0.720. The van der Waals surface area contributed by atoms with Gasteiger partial charge in [0.15, 0.2) is 17.1 Å². The van der Waals surface area contributed by atoms with E-state index in [1.807, 2.05) is 0 Å². The molecule has 0 aliphatic heterocycles. The molecule has 0 amide bonds. The van der Waals surface area contributed by atoms with E-state index in [4.69, 9.17) is 13.7 Å². The second kappa shape index (κ2) is 8.46. The Hall–Kier alpha value is -2.11. The Morgan fingerprint density at radius 1 is 1.25 bits per heavy atom. The van der Waals surface area contributed by atoms with Crippen molar-refractivity contribution in [3.8, 4) is 0 Å². The number of aliphatic hydroxyl groups excluding tert-OH is 1. The van der Waals surface area contributed by atoms with Crippen LogP contribution in [0.3, 0.4) is 0 Å². The van der Waals surface area contributed by atoms with E-state index < -0.39 is 74.6 Å². The van der Waals surface area contributed by atoms with Crippen LogP contribution in [0.1, 0.15) is 46.5 Å². The minimum atomic E-state index is -3.98. The molecule has 0 heterocycles. The number of ether oxygens (including phenoxy) is 2. The minimum absolute atomic E-state index is 0.226. The van der Waals surface area contributed by atoms with E-state index in [-0.39, 0.29) is 12.2 Å². The summed E-state index contributed by atoms with van der Waals surface area (Å²) in [6.07, 6.45) is 3.20. The van der Waals surface area contributed by atoms with Crippen molar-refractivity contribution in [3.63, 3.8) is 0 Å². The average molecular weight is 529 g/mol. The molecule has 3 fully saturated rings. The number of Topliss-reactive ketones (excluding diaryl/α,β-unsaturated/α-hetero) is 1. The number of ketones is 2. The molecule has 0 spiro atoms. The van der Waals surface area contributed by atoms with E-state index in [0.717, 1.165) is 13.4 Å². The van der Waals surface area contributed by atoms with Crippen LogP contribution < -0.4 is 0 Å². The van der Waals surface area contributed by atoms with Crippen molar-refractivity contribution in [2.45, 2.75) is 63.8 Å². The zero-order valence-electron chi connectivity index (χ0n) is 21.1. The third kappa shape index (κ3) is 3.53. The number of allylic oxidation sites excluding steroid dienone is 4. The predicted molar refractivity (Wildman–Crippen MR) is 125 cm³/mol. The summed E-state index contributed by atoms with van der Waals surface area (Å²) in [5.41, 5.74) is -5.88. The van der Waals surface area contributed by atoms with Gasteiger partial charge in [-0.15, -0.1) is 0 Å². The molecular weight excluding hydrogens is 495 g/mol. The fourth-order valence-electron chi connectivity index (χ4n) is 7.84. The first kappa shape index (κ1) is 26.9. The third-order valence-corrected chi connectivity index (χ3v) is 9.96. The van der Waals surface area contributed by atoms with E-state index in [9.17, 15) is 27.9 Å². The highest BCUT2D eigenvalue weighted by Gasteiger charge is 2.77. The molecule has 11 heteroatoms. The molecule has 8 atom stereocenters. The number of rotatable bonds is 5. The maximum absolute atomic E-state index is 17.3. The molecular formula is C25H33FO9S. The number of methoxy groups -OCH3 is 1. The van der Waals surface area contributed by atoms with Crippen LogP contribution in [0.5, 0.6) is 0 Å². The molecule has 36 heavy (non-hydrogen) atoms. The van der Waals surface area contributed by atoms with Gasteiger partial charge in [-0.2, -0.15) is 8.42 Å². The number of fused-ring (bicyclic) bond motifs is 5. The lowest BCUT2D eigenvalue weighted by Crippen LogP contribution is -2.70. The van der Waals surface area contributed by atoms with Crippen LogP contribution in [0.4, 0.5) is 9.18 Å². The molecule has 200 valence electrons. The molecule has 0 saturated heterocycles. The Kier molecular flexibility index (Phi) is 6.33. The topological polar surface area (TPSA) is 133 Å². The van der Waals surface area contributed by atoms with Gasteiger partial charge in [-0.3, -0.25) is 13.8 Å². The van der Waals surface area contributed by atoms with Crippen molar-refractivity contribution in [2.24, 2.45) is 28.6 Å². The largest absolute Gasteiger partial charge is 0.509 e. The molecule has 4 rings (SSSR count). The Bertz CT molecular complexity index is 1160. The maximum atomic E-state index is 17.3. The lowest BCUT2D eigenvalue weighted by molar-refractivity contribution is -0.221. The van der Waals surface area contributed by atoms with Crippen molar-refractivity contribution >= 4 is 27.8 Å². The van der Waals surface area contributed by atoms with Crippen LogP contribution in [0.15, 0.2) is 23.8 Å². The van der Waals surface area contributed by atoms with Crippen LogP contribution in [0.25, 0.3) is 0 Å². The van der Waals surface area contributed by atoms with Crippen LogP contribution in [-0.4, -0.2) is 68.6 Å². The summed E-state index contributed by atoms with van der Waals surface area (Å²) in [4.78, 5) is 38.1. The smallest absolute Gasteiger partial charge is 0.438 e. The van der Waals surface area contributed by atoms with Gasteiger partial charge in [-0.05, 0) is 50.7 Å². The number of alkyl halides is 1. The van der Waals surface area contributed by atoms with Gasteiger partial charge in [-0.1, -0.05) is 25.5 Å². The number of hydrogen-bond acceptors (Lipinski definition) is 9. The van der Waals surface area contributed by atoms with Gasteiger partial charge >= 0.3 is 6.16 Å². The molecule has 0 aromatic heterocycles. The zero-order valence-corrected chi connectivity index (χ0v) is 21.9. The summed E-state index contributed by atoms with van der Waals surface area (Å²) in [5, 5.41) is 11.5. The van der Waals surface area contributed by atoms with E-state index in [0.29, 0.717) is 24.8 Å². The van der Waals surface area contributed by atoms with Crippen molar-refractivity contribution in [2.75, 3.05) is 20.0 Å². The van der Waals surface area contributed by atoms with E-state index in [1.165, 1.54) is 18.2 Å². The van der Waals surface area contributed by atoms with Gasteiger partial charge in [0.25, 0.3) is 10.1 Å². The highest BCUT2D eigenvalue weighted by atomic mass is 32.2. The molecule has 3 saturated carbocycles. The van der Waals surface area contributed by atoms with Crippen LogP contribution in [0, 0.1) is 28.6 Å². The van der Waals surface area contributed by atoms with Crippen molar-refractivity contribution in [3.05, 3.63) is 23.8 Å². The lowest BCUT2D eigenvalue weighted by Gasteiger charge is -2.62. The first-order chi connectivity index (χ1) is 16.6. The second-order valence-electron chi connectivity index (χ2n) is 11.1. The van der Waals surface area contributed by atoms with E-state index in [1.54, 1.807) is 20.8 Å². The molecule has 4 aliphatic carbocycles. The number of hydrogen-bond donors (Lipinski definition) is 1. The summed E-state index contributed by atoms with van der Waals surface area (Å²) in [6, 6.07) is 0. The predicted octanol–water partition coefficient (Wildman–Crippen LogP) is 2.67. The standard InChI is InChI=1S/C25H33FO9S/c1-14-10-18-17-7-6-15-11-16(27)8-9-22(15,2)24(17,26)19(28)12-23(18,3)25(14,35-21(30)33-4)20(29)13-34-36(5,31)32/h8-9,11,14,17-19,28H,6-7,10,12-13H2,1-5H3/t14-,17+,18+,19+,22+,23+,24+,25+/m1/s1. The molecule has 0 bridgehead atoms. The third-order valence-electron chi connectivity index (χ3n) is 9.41. The second-order valence-corrected chi connectivity index (χ2v) is 12.7.